The maximum absolute atomic E-state index is 12.4. The van der Waals surface area contributed by atoms with Crippen LogP contribution in [-0.4, -0.2) is 21.7 Å². The van der Waals surface area contributed by atoms with Crippen LogP contribution in [0.5, 0.6) is 0 Å². The van der Waals surface area contributed by atoms with E-state index in [1.807, 2.05) is 30.3 Å². The zero-order valence-corrected chi connectivity index (χ0v) is 14.9. The van der Waals surface area contributed by atoms with Gasteiger partial charge in [-0.2, -0.15) is 0 Å². The first-order valence-corrected chi connectivity index (χ1v) is 8.66. The number of nitrogens with zero attached hydrogens (tertiary/aromatic N) is 2. The van der Waals surface area contributed by atoms with Crippen LogP contribution in [-0.2, 0) is 0 Å². The summed E-state index contributed by atoms with van der Waals surface area (Å²) in [4.78, 5) is 39.6. The normalized spacial score (nSPS) is 10.3. The molecule has 0 aliphatic rings. The number of nitrogens with one attached hydrogen (secondary N) is 2. The highest BCUT2D eigenvalue weighted by molar-refractivity contribution is 7.17. The summed E-state index contributed by atoms with van der Waals surface area (Å²) in [5.74, 6) is -1.32. The highest BCUT2D eigenvalue weighted by Gasteiger charge is 2.21. The molecule has 0 fully saturated rings. The number of rotatable bonds is 4. The smallest absolute Gasteiger partial charge is 0.267 e. The fraction of sp³-hybridized carbons (Fsp3) is 0.0556. The molecular formula is C18H14N4O4S. The molecule has 9 heteroatoms. The van der Waals surface area contributed by atoms with Crippen molar-refractivity contribution in [1.82, 2.24) is 15.8 Å². The van der Waals surface area contributed by atoms with Gasteiger partial charge in [-0.15, -0.1) is 11.3 Å². The van der Waals surface area contributed by atoms with Crippen LogP contribution in [0.1, 0.15) is 25.7 Å². The summed E-state index contributed by atoms with van der Waals surface area (Å²) in [6.07, 6.45) is 0. The van der Waals surface area contributed by atoms with Gasteiger partial charge < -0.3 is 0 Å². The number of nitro benzene ring substituents is 1. The number of nitro groups is 1. The van der Waals surface area contributed by atoms with Crippen LogP contribution in [0.3, 0.4) is 0 Å². The van der Waals surface area contributed by atoms with E-state index in [2.05, 4.69) is 15.8 Å². The Morgan fingerprint density at radius 2 is 1.63 bits per heavy atom. The summed E-state index contributed by atoms with van der Waals surface area (Å²) < 4.78 is 0. The minimum absolute atomic E-state index is 0.145. The Morgan fingerprint density at radius 1 is 1.00 bits per heavy atom. The molecule has 27 heavy (non-hydrogen) atoms. The summed E-state index contributed by atoms with van der Waals surface area (Å²) >= 11 is 1.19. The molecule has 3 rings (SSSR count). The molecule has 2 aromatic carbocycles. The third-order valence-electron chi connectivity index (χ3n) is 3.66. The lowest BCUT2D eigenvalue weighted by Gasteiger charge is -2.07. The molecule has 3 aromatic rings. The SMILES string of the molecule is Cc1nc(-c2ccccc2)sc1C(=O)NNC(=O)c1ccccc1[N+](=O)[O-]. The van der Waals surface area contributed by atoms with Crippen molar-refractivity contribution in [3.8, 4) is 10.6 Å². The van der Waals surface area contributed by atoms with Crippen molar-refractivity contribution < 1.29 is 14.5 Å². The highest BCUT2D eigenvalue weighted by Crippen LogP contribution is 2.27. The topological polar surface area (TPSA) is 114 Å². The van der Waals surface area contributed by atoms with Gasteiger partial charge in [-0.3, -0.25) is 30.6 Å². The highest BCUT2D eigenvalue weighted by atomic mass is 32.1. The maximum Gasteiger partial charge on any atom is 0.282 e. The largest absolute Gasteiger partial charge is 0.282 e. The molecule has 8 nitrogen and oxygen atoms in total. The number of carbonyl (C=O) groups excluding carboxylic acids is 2. The van der Waals surface area contributed by atoms with Crippen LogP contribution >= 0.6 is 11.3 Å². The molecule has 0 saturated heterocycles. The van der Waals surface area contributed by atoms with E-state index in [1.54, 1.807) is 6.92 Å². The number of para-hydroxylation sites is 1. The van der Waals surface area contributed by atoms with Gasteiger partial charge in [0.15, 0.2) is 0 Å². The lowest BCUT2D eigenvalue weighted by Crippen LogP contribution is -2.41. The van der Waals surface area contributed by atoms with Gasteiger partial charge in [-0.25, -0.2) is 4.98 Å². The van der Waals surface area contributed by atoms with E-state index in [0.717, 1.165) is 5.56 Å². The van der Waals surface area contributed by atoms with Crippen LogP contribution in [0.4, 0.5) is 5.69 Å². The Hall–Kier alpha value is -3.59. The van der Waals surface area contributed by atoms with E-state index in [4.69, 9.17) is 0 Å². The number of amides is 2. The van der Waals surface area contributed by atoms with Crippen molar-refractivity contribution in [1.29, 1.82) is 0 Å². The zero-order valence-electron chi connectivity index (χ0n) is 14.1. The van der Waals surface area contributed by atoms with E-state index < -0.39 is 16.7 Å². The van der Waals surface area contributed by atoms with Crippen molar-refractivity contribution in [2.75, 3.05) is 0 Å². The molecule has 0 unspecified atom stereocenters. The fourth-order valence-electron chi connectivity index (χ4n) is 2.37. The lowest BCUT2D eigenvalue weighted by molar-refractivity contribution is -0.385. The second-order valence-corrected chi connectivity index (χ2v) is 6.48. The summed E-state index contributed by atoms with van der Waals surface area (Å²) in [6.45, 7) is 1.70. The first-order chi connectivity index (χ1) is 13.0. The van der Waals surface area contributed by atoms with E-state index in [-0.39, 0.29) is 11.3 Å². The number of benzene rings is 2. The van der Waals surface area contributed by atoms with Crippen molar-refractivity contribution >= 4 is 28.8 Å². The number of hydrogen-bond donors (Lipinski definition) is 2. The quantitative estimate of drug-likeness (QED) is 0.531. The van der Waals surface area contributed by atoms with Gasteiger partial charge in [-0.1, -0.05) is 42.5 Å². The van der Waals surface area contributed by atoms with E-state index in [1.165, 1.54) is 35.6 Å². The molecule has 2 N–H and O–H groups in total. The maximum atomic E-state index is 12.4. The van der Waals surface area contributed by atoms with Gasteiger partial charge >= 0.3 is 0 Å². The van der Waals surface area contributed by atoms with Crippen molar-refractivity contribution in [2.45, 2.75) is 6.92 Å². The minimum atomic E-state index is -0.777. The zero-order chi connectivity index (χ0) is 19.4. The predicted molar refractivity (Wildman–Crippen MR) is 100 cm³/mol. The lowest BCUT2D eigenvalue weighted by atomic mass is 10.2. The number of carbonyl (C=O) groups is 2. The summed E-state index contributed by atoms with van der Waals surface area (Å²) in [5, 5.41) is 11.7. The summed E-state index contributed by atoms with van der Waals surface area (Å²) in [6, 6.07) is 14.9. The molecule has 0 aliphatic heterocycles. The second-order valence-electron chi connectivity index (χ2n) is 5.48. The first kappa shape index (κ1) is 18.2. The number of aromatic nitrogens is 1. The number of aryl methyl sites for hydroxylation is 1. The molecule has 2 amide bonds. The van der Waals surface area contributed by atoms with Crippen LogP contribution in [0, 0.1) is 17.0 Å². The molecule has 0 atom stereocenters. The summed E-state index contributed by atoms with van der Waals surface area (Å²) in [5.41, 5.74) is 5.40. The molecule has 136 valence electrons. The monoisotopic (exact) mass is 382 g/mol. The number of thiazole rings is 1. The molecular weight excluding hydrogens is 368 g/mol. The third kappa shape index (κ3) is 3.98. The van der Waals surface area contributed by atoms with Crippen molar-refractivity contribution in [3.63, 3.8) is 0 Å². The Balaban J connectivity index is 1.73. The Morgan fingerprint density at radius 3 is 2.33 bits per heavy atom. The molecule has 0 saturated carbocycles. The van der Waals surface area contributed by atoms with Gasteiger partial charge in [0.05, 0.1) is 10.6 Å². The van der Waals surface area contributed by atoms with E-state index in [0.29, 0.717) is 15.6 Å². The third-order valence-corrected chi connectivity index (χ3v) is 4.86. The average Bonchev–Trinajstić information content (AvgIpc) is 3.08. The predicted octanol–water partition coefficient (Wildman–Crippen LogP) is 3.10. The van der Waals surface area contributed by atoms with Gasteiger partial charge in [0.1, 0.15) is 15.4 Å². The van der Waals surface area contributed by atoms with Gasteiger partial charge in [0, 0.05) is 11.6 Å². The molecule has 0 aliphatic carbocycles. The Kier molecular flexibility index (Phi) is 5.23. The molecule has 1 aromatic heterocycles. The van der Waals surface area contributed by atoms with Crippen LogP contribution in [0.25, 0.3) is 10.6 Å². The average molecular weight is 382 g/mol. The van der Waals surface area contributed by atoms with Crippen LogP contribution in [0.2, 0.25) is 0 Å². The molecule has 0 bridgehead atoms. The van der Waals surface area contributed by atoms with Crippen molar-refractivity contribution in [2.24, 2.45) is 0 Å². The molecule has 0 spiro atoms. The van der Waals surface area contributed by atoms with E-state index >= 15 is 0 Å². The van der Waals surface area contributed by atoms with Gasteiger partial charge in [0.25, 0.3) is 17.5 Å². The van der Waals surface area contributed by atoms with Gasteiger partial charge in [0.2, 0.25) is 0 Å². The second kappa shape index (κ2) is 7.75. The van der Waals surface area contributed by atoms with E-state index in [9.17, 15) is 19.7 Å². The first-order valence-electron chi connectivity index (χ1n) is 7.84. The van der Waals surface area contributed by atoms with Crippen LogP contribution < -0.4 is 10.9 Å². The molecule has 1 heterocycles. The minimum Gasteiger partial charge on any atom is -0.267 e. The summed E-state index contributed by atoms with van der Waals surface area (Å²) in [7, 11) is 0. The fourth-order valence-corrected chi connectivity index (χ4v) is 3.34. The van der Waals surface area contributed by atoms with Crippen LogP contribution in [0.15, 0.2) is 54.6 Å². The van der Waals surface area contributed by atoms with Crippen molar-refractivity contribution in [3.05, 3.63) is 80.8 Å². The van der Waals surface area contributed by atoms with Gasteiger partial charge in [-0.05, 0) is 13.0 Å². The molecule has 0 radical (unpaired) electrons. The number of hydrazine groups is 1. The Bertz CT molecular complexity index is 1020. The Labute approximate surface area is 158 Å². The standard InChI is InChI=1S/C18H14N4O4S/c1-11-15(27-18(19-11)12-7-3-2-4-8-12)17(24)21-20-16(23)13-9-5-6-10-14(13)22(25)26/h2-10H,1H3,(H,20,23)(H,21,24). The number of hydrogen-bond acceptors (Lipinski definition) is 6.